The van der Waals surface area contributed by atoms with Crippen LogP contribution < -0.4 is 4.90 Å². The first-order chi connectivity index (χ1) is 13.5. The molecule has 3 aromatic rings. The molecule has 0 atom stereocenters. The van der Waals surface area contributed by atoms with Crippen molar-refractivity contribution in [2.24, 2.45) is 0 Å². The van der Waals surface area contributed by atoms with E-state index in [-0.39, 0.29) is 5.91 Å². The van der Waals surface area contributed by atoms with Gasteiger partial charge in [0.05, 0.1) is 22.1 Å². The zero-order valence-electron chi connectivity index (χ0n) is 15.3. The maximum atomic E-state index is 13.0. The predicted molar refractivity (Wildman–Crippen MR) is 111 cm³/mol. The molecule has 0 aliphatic carbocycles. The normalized spacial score (nSPS) is 14.4. The fourth-order valence-electron chi connectivity index (χ4n) is 3.39. The molecule has 8 heteroatoms. The van der Waals surface area contributed by atoms with Crippen LogP contribution in [-0.2, 0) is 0 Å². The molecule has 0 bridgehead atoms. The third kappa shape index (κ3) is 3.57. The van der Waals surface area contributed by atoms with Gasteiger partial charge in [0.2, 0.25) is 0 Å². The lowest BCUT2D eigenvalue weighted by Gasteiger charge is -2.36. The van der Waals surface area contributed by atoms with Gasteiger partial charge in [-0.2, -0.15) is 0 Å². The van der Waals surface area contributed by atoms with Crippen LogP contribution in [0.25, 0.3) is 5.69 Å². The maximum absolute atomic E-state index is 13.0. The first-order valence-electron chi connectivity index (χ1n) is 9.01. The summed E-state index contributed by atoms with van der Waals surface area (Å²) in [4.78, 5) is 17.0. The number of halogens is 2. The second-order valence-corrected chi connectivity index (χ2v) is 7.49. The molecule has 1 fully saturated rings. The van der Waals surface area contributed by atoms with Gasteiger partial charge in [0.25, 0.3) is 5.91 Å². The highest BCUT2D eigenvalue weighted by Gasteiger charge is 2.27. The molecule has 0 N–H and O–H groups in total. The second kappa shape index (κ2) is 7.81. The molecule has 2 heterocycles. The largest absolute Gasteiger partial charge is 0.367 e. The van der Waals surface area contributed by atoms with E-state index in [1.807, 2.05) is 48.2 Å². The van der Waals surface area contributed by atoms with Crippen molar-refractivity contribution in [2.75, 3.05) is 31.1 Å². The molecule has 1 saturated heterocycles. The minimum absolute atomic E-state index is 0.107. The Kier molecular flexibility index (Phi) is 5.24. The molecule has 0 unspecified atom stereocenters. The van der Waals surface area contributed by atoms with E-state index in [0.717, 1.165) is 29.5 Å². The summed E-state index contributed by atoms with van der Waals surface area (Å²) in [5.74, 6) is -0.107. The molecule has 0 spiro atoms. The van der Waals surface area contributed by atoms with E-state index in [1.165, 1.54) is 0 Å². The van der Waals surface area contributed by atoms with E-state index < -0.39 is 0 Å². The van der Waals surface area contributed by atoms with Gasteiger partial charge in [0.1, 0.15) is 0 Å². The summed E-state index contributed by atoms with van der Waals surface area (Å²) in [5, 5.41) is 9.61. The van der Waals surface area contributed by atoms with E-state index in [2.05, 4.69) is 15.2 Å². The highest BCUT2D eigenvalue weighted by molar-refractivity contribution is 6.33. The van der Waals surface area contributed by atoms with Crippen LogP contribution >= 0.6 is 23.2 Å². The average molecular weight is 416 g/mol. The van der Waals surface area contributed by atoms with Crippen molar-refractivity contribution in [2.45, 2.75) is 6.92 Å². The molecule has 144 valence electrons. The molecule has 28 heavy (non-hydrogen) atoms. The van der Waals surface area contributed by atoms with E-state index in [4.69, 9.17) is 23.2 Å². The molecular formula is C20H19Cl2N5O. The summed E-state index contributed by atoms with van der Waals surface area (Å²) in [6, 6.07) is 15.1. The molecule has 2 aromatic carbocycles. The number of amides is 1. The van der Waals surface area contributed by atoms with Crippen molar-refractivity contribution in [1.29, 1.82) is 0 Å². The van der Waals surface area contributed by atoms with Gasteiger partial charge in [-0.15, -0.1) is 5.10 Å². The van der Waals surface area contributed by atoms with Crippen LogP contribution in [-0.4, -0.2) is 52.0 Å². The van der Waals surface area contributed by atoms with E-state index in [9.17, 15) is 4.79 Å². The Morgan fingerprint density at radius 3 is 2.46 bits per heavy atom. The van der Waals surface area contributed by atoms with Crippen molar-refractivity contribution >= 4 is 34.8 Å². The lowest BCUT2D eigenvalue weighted by molar-refractivity contribution is 0.0740. The second-order valence-electron chi connectivity index (χ2n) is 6.65. The standard InChI is InChI=1S/C20H19Cl2N5O/c1-14-19(23-24-27(14)16-6-4-5-15(21)13-16)20(28)26-11-9-25(10-12-26)18-8-3-2-7-17(18)22/h2-8,13H,9-12H2,1H3. The van der Waals surface area contributed by atoms with Crippen LogP contribution in [0.3, 0.4) is 0 Å². The van der Waals surface area contributed by atoms with Gasteiger partial charge in [0, 0.05) is 31.2 Å². The van der Waals surface area contributed by atoms with Crippen LogP contribution in [0.4, 0.5) is 5.69 Å². The maximum Gasteiger partial charge on any atom is 0.276 e. The van der Waals surface area contributed by atoms with Crippen molar-refractivity contribution in [3.05, 3.63) is 70.0 Å². The summed E-state index contributed by atoms with van der Waals surface area (Å²) in [7, 11) is 0. The van der Waals surface area contributed by atoms with Crippen molar-refractivity contribution < 1.29 is 4.79 Å². The Morgan fingerprint density at radius 2 is 1.75 bits per heavy atom. The van der Waals surface area contributed by atoms with Gasteiger partial charge < -0.3 is 9.80 Å². The number of aromatic nitrogens is 3. The minimum atomic E-state index is -0.107. The van der Waals surface area contributed by atoms with E-state index >= 15 is 0 Å². The number of piperazine rings is 1. The molecule has 1 aliphatic rings. The smallest absolute Gasteiger partial charge is 0.276 e. The van der Waals surface area contributed by atoms with Crippen LogP contribution in [0.5, 0.6) is 0 Å². The predicted octanol–water partition coefficient (Wildman–Crippen LogP) is 3.84. The number of anilines is 1. The van der Waals surface area contributed by atoms with Crippen molar-refractivity contribution in [1.82, 2.24) is 19.9 Å². The Hall–Kier alpha value is -2.57. The average Bonchev–Trinajstić information content (AvgIpc) is 3.09. The Labute approximate surface area is 173 Å². The highest BCUT2D eigenvalue weighted by Crippen LogP contribution is 2.26. The number of carbonyl (C=O) groups excluding carboxylic acids is 1. The van der Waals surface area contributed by atoms with Gasteiger partial charge in [-0.25, -0.2) is 4.68 Å². The third-order valence-electron chi connectivity index (χ3n) is 4.91. The number of benzene rings is 2. The molecular weight excluding hydrogens is 397 g/mol. The van der Waals surface area contributed by atoms with Gasteiger partial charge in [-0.05, 0) is 37.3 Å². The van der Waals surface area contributed by atoms with Crippen LogP contribution in [0.15, 0.2) is 48.5 Å². The molecule has 0 radical (unpaired) electrons. The first-order valence-corrected chi connectivity index (χ1v) is 9.77. The summed E-state index contributed by atoms with van der Waals surface area (Å²) in [5.41, 5.74) is 2.84. The Bertz CT molecular complexity index is 1010. The van der Waals surface area contributed by atoms with Crippen LogP contribution in [0.2, 0.25) is 10.0 Å². The summed E-state index contributed by atoms with van der Waals surface area (Å²) in [6.45, 7) is 4.49. The fraction of sp³-hybridized carbons (Fsp3) is 0.250. The van der Waals surface area contributed by atoms with Crippen LogP contribution in [0, 0.1) is 6.92 Å². The number of rotatable bonds is 3. The number of para-hydroxylation sites is 1. The first kappa shape index (κ1) is 18.8. The number of hydrogen-bond acceptors (Lipinski definition) is 4. The quantitative estimate of drug-likeness (QED) is 0.651. The van der Waals surface area contributed by atoms with Crippen molar-refractivity contribution in [3.8, 4) is 5.69 Å². The third-order valence-corrected chi connectivity index (χ3v) is 5.46. The molecule has 1 aromatic heterocycles. The Balaban J connectivity index is 1.48. The Morgan fingerprint density at radius 1 is 1.00 bits per heavy atom. The van der Waals surface area contributed by atoms with Gasteiger partial charge in [0.15, 0.2) is 5.69 Å². The van der Waals surface area contributed by atoms with Gasteiger partial charge >= 0.3 is 0 Å². The number of hydrogen-bond donors (Lipinski definition) is 0. The number of nitrogens with zero attached hydrogens (tertiary/aromatic N) is 5. The molecule has 1 aliphatic heterocycles. The molecule has 4 rings (SSSR count). The monoisotopic (exact) mass is 415 g/mol. The van der Waals surface area contributed by atoms with E-state index in [0.29, 0.717) is 29.5 Å². The van der Waals surface area contributed by atoms with Gasteiger partial charge in [-0.1, -0.05) is 46.6 Å². The SMILES string of the molecule is Cc1c(C(=O)N2CCN(c3ccccc3Cl)CC2)nnn1-c1cccc(Cl)c1. The highest BCUT2D eigenvalue weighted by atomic mass is 35.5. The lowest BCUT2D eigenvalue weighted by atomic mass is 10.2. The molecule has 1 amide bonds. The lowest BCUT2D eigenvalue weighted by Crippen LogP contribution is -2.49. The van der Waals surface area contributed by atoms with E-state index in [1.54, 1.807) is 16.8 Å². The van der Waals surface area contributed by atoms with Gasteiger partial charge in [-0.3, -0.25) is 4.79 Å². The minimum Gasteiger partial charge on any atom is -0.367 e. The summed E-state index contributed by atoms with van der Waals surface area (Å²) in [6.07, 6.45) is 0. The zero-order chi connectivity index (χ0) is 19.7. The summed E-state index contributed by atoms with van der Waals surface area (Å²) < 4.78 is 1.64. The topological polar surface area (TPSA) is 54.3 Å². The number of carbonyl (C=O) groups is 1. The van der Waals surface area contributed by atoms with Crippen LogP contribution in [0.1, 0.15) is 16.2 Å². The molecule has 6 nitrogen and oxygen atoms in total. The summed E-state index contributed by atoms with van der Waals surface area (Å²) >= 11 is 12.4. The molecule has 0 saturated carbocycles. The van der Waals surface area contributed by atoms with Crippen molar-refractivity contribution in [3.63, 3.8) is 0 Å². The zero-order valence-corrected chi connectivity index (χ0v) is 16.9. The fourth-order valence-corrected chi connectivity index (χ4v) is 3.83.